The van der Waals surface area contributed by atoms with E-state index in [4.69, 9.17) is 9.15 Å². The minimum Gasteiger partial charge on any atom is -0.460 e. The molecule has 0 radical (unpaired) electrons. The van der Waals surface area contributed by atoms with E-state index in [1.165, 1.54) is 18.2 Å². The van der Waals surface area contributed by atoms with Crippen LogP contribution in [0.3, 0.4) is 0 Å². The van der Waals surface area contributed by atoms with Crippen LogP contribution >= 0.6 is 0 Å². The van der Waals surface area contributed by atoms with Crippen LogP contribution in [0.5, 0.6) is 0 Å². The third-order valence-corrected chi connectivity index (χ3v) is 2.31. The van der Waals surface area contributed by atoms with Crippen LogP contribution in [-0.2, 0) is 4.74 Å². The summed E-state index contributed by atoms with van der Waals surface area (Å²) in [5.74, 6) is -1.03. The smallest absolute Gasteiger partial charge is 0.374 e. The summed E-state index contributed by atoms with van der Waals surface area (Å²) < 4.78 is 9.88. The van der Waals surface area contributed by atoms with Gasteiger partial charge in [0.2, 0.25) is 11.2 Å². The van der Waals surface area contributed by atoms with E-state index < -0.39 is 16.8 Å². The first-order valence-electron chi connectivity index (χ1n) is 5.38. The molecule has 18 heavy (non-hydrogen) atoms. The molecule has 1 aromatic carbocycles. The molecule has 0 atom stereocenters. The van der Waals surface area contributed by atoms with Gasteiger partial charge in [0.05, 0.1) is 12.0 Å². The van der Waals surface area contributed by atoms with Gasteiger partial charge in [0.15, 0.2) is 11.0 Å². The van der Waals surface area contributed by atoms with Crippen LogP contribution in [0.25, 0.3) is 11.0 Å². The molecule has 0 unspecified atom stereocenters. The van der Waals surface area contributed by atoms with Crippen LogP contribution in [0.2, 0.25) is 0 Å². The second-order valence-electron chi connectivity index (χ2n) is 3.52. The molecule has 1 heterocycles. The normalized spacial score (nSPS) is 10.3. The maximum atomic E-state index is 11.8. The Morgan fingerprint density at radius 2 is 1.94 bits per heavy atom. The van der Waals surface area contributed by atoms with Gasteiger partial charge in [0, 0.05) is 6.07 Å². The number of esters is 1. The van der Waals surface area contributed by atoms with E-state index in [0.29, 0.717) is 0 Å². The molecule has 0 amide bonds. The number of carbonyl (C=O) groups is 1. The van der Waals surface area contributed by atoms with E-state index in [1.54, 1.807) is 13.0 Å². The Balaban J connectivity index is 2.78. The third kappa shape index (κ3) is 2.15. The van der Waals surface area contributed by atoms with Gasteiger partial charge in [0.1, 0.15) is 0 Å². The van der Waals surface area contributed by atoms with Gasteiger partial charge in [-0.3, -0.25) is 9.59 Å². The Morgan fingerprint density at radius 3 is 2.67 bits per heavy atom. The highest BCUT2D eigenvalue weighted by Gasteiger charge is 2.13. The fraction of sp³-hybridized carbons (Fsp3) is 0.154. The number of carbonyl (C=O) groups excluding carboxylic acids is 1. The molecule has 92 valence electrons. The van der Waals surface area contributed by atoms with Crippen molar-refractivity contribution in [3.8, 4) is 0 Å². The standard InChI is InChI=1S/C13H10O5/c1-2-17-13(16)11-7-10(15)8-5-3-4-6-9(14)12(8)18-11/h3-7H,2H2,1H3. The summed E-state index contributed by atoms with van der Waals surface area (Å²) in [4.78, 5) is 34.9. The van der Waals surface area contributed by atoms with E-state index >= 15 is 0 Å². The monoisotopic (exact) mass is 246 g/mol. The predicted octanol–water partition coefficient (Wildman–Crippen LogP) is 1.33. The molecule has 5 nitrogen and oxygen atoms in total. The molecule has 0 aliphatic carbocycles. The first-order chi connectivity index (χ1) is 8.63. The van der Waals surface area contributed by atoms with Gasteiger partial charge in [-0.2, -0.15) is 0 Å². The highest BCUT2D eigenvalue weighted by atomic mass is 16.5. The number of hydrogen-bond acceptors (Lipinski definition) is 5. The topological polar surface area (TPSA) is 73.6 Å². The molecular formula is C13H10O5. The number of ether oxygens (including phenoxy) is 1. The van der Waals surface area contributed by atoms with Crippen LogP contribution in [-0.4, -0.2) is 12.6 Å². The van der Waals surface area contributed by atoms with Crippen molar-refractivity contribution in [2.24, 2.45) is 0 Å². The molecule has 0 saturated carbocycles. The summed E-state index contributed by atoms with van der Waals surface area (Å²) in [5.41, 5.74) is -1.05. The van der Waals surface area contributed by atoms with Crippen molar-refractivity contribution >= 4 is 16.9 Å². The van der Waals surface area contributed by atoms with Crippen molar-refractivity contribution in [1.82, 2.24) is 0 Å². The zero-order valence-corrected chi connectivity index (χ0v) is 9.64. The molecule has 0 saturated heterocycles. The average molecular weight is 246 g/mol. The maximum absolute atomic E-state index is 11.8. The van der Waals surface area contributed by atoms with Crippen LogP contribution in [0.1, 0.15) is 17.5 Å². The molecule has 5 heteroatoms. The first kappa shape index (κ1) is 12.0. The lowest BCUT2D eigenvalue weighted by Gasteiger charge is -2.00. The Bertz CT molecular complexity index is 714. The number of fused-ring (bicyclic) bond motifs is 1. The SMILES string of the molecule is CCOC(=O)c1cc(=O)c2ccccc(=O)c2o1. The van der Waals surface area contributed by atoms with Crippen molar-refractivity contribution < 1.29 is 13.9 Å². The summed E-state index contributed by atoms with van der Waals surface area (Å²) in [5, 5.41) is 0.137. The molecule has 2 rings (SSSR count). The lowest BCUT2D eigenvalue weighted by Crippen LogP contribution is -2.12. The number of hydrogen-bond donors (Lipinski definition) is 0. The molecule has 0 N–H and O–H groups in total. The zero-order chi connectivity index (χ0) is 13.1. The Kier molecular flexibility index (Phi) is 3.23. The third-order valence-electron chi connectivity index (χ3n) is 2.31. The van der Waals surface area contributed by atoms with Gasteiger partial charge in [0.25, 0.3) is 0 Å². The second-order valence-corrected chi connectivity index (χ2v) is 3.52. The highest BCUT2D eigenvalue weighted by molar-refractivity contribution is 5.88. The second kappa shape index (κ2) is 4.83. The largest absolute Gasteiger partial charge is 0.460 e. The Labute approximate surface area is 102 Å². The lowest BCUT2D eigenvalue weighted by molar-refractivity contribution is 0.0490. The van der Waals surface area contributed by atoms with Gasteiger partial charge in [-0.1, -0.05) is 12.1 Å². The van der Waals surface area contributed by atoms with Crippen LogP contribution in [0.15, 0.2) is 44.3 Å². The quantitative estimate of drug-likeness (QED) is 0.747. The molecule has 0 bridgehead atoms. The van der Waals surface area contributed by atoms with E-state index in [-0.39, 0.29) is 23.3 Å². The summed E-state index contributed by atoms with van der Waals surface area (Å²) in [6.45, 7) is 1.80. The molecule has 2 aromatic rings. The van der Waals surface area contributed by atoms with Crippen LogP contribution in [0, 0.1) is 0 Å². The molecule has 0 aliphatic rings. The van der Waals surface area contributed by atoms with Crippen molar-refractivity contribution in [3.05, 3.63) is 56.5 Å². The lowest BCUT2D eigenvalue weighted by atomic mass is 10.2. The zero-order valence-electron chi connectivity index (χ0n) is 9.64. The molecule has 1 aromatic heterocycles. The van der Waals surface area contributed by atoms with E-state index in [2.05, 4.69) is 0 Å². The highest BCUT2D eigenvalue weighted by Crippen LogP contribution is 2.08. The molecular weight excluding hydrogens is 236 g/mol. The predicted molar refractivity (Wildman–Crippen MR) is 64.7 cm³/mol. The summed E-state index contributed by atoms with van der Waals surface area (Å²) >= 11 is 0. The molecule has 0 spiro atoms. The maximum Gasteiger partial charge on any atom is 0.374 e. The first-order valence-corrected chi connectivity index (χ1v) is 5.38. The van der Waals surface area contributed by atoms with E-state index in [9.17, 15) is 14.4 Å². The molecule has 0 fully saturated rings. The van der Waals surface area contributed by atoms with Crippen molar-refractivity contribution in [1.29, 1.82) is 0 Å². The molecule has 0 aliphatic heterocycles. The van der Waals surface area contributed by atoms with E-state index in [1.807, 2.05) is 0 Å². The van der Waals surface area contributed by atoms with Gasteiger partial charge in [-0.05, 0) is 19.1 Å². The fourth-order valence-electron chi connectivity index (χ4n) is 1.52. The van der Waals surface area contributed by atoms with Crippen molar-refractivity contribution in [2.45, 2.75) is 6.92 Å². The average Bonchev–Trinajstić information content (AvgIpc) is 2.53. The van der Waals surface area contributed by atoms with E-state index in [0.717, 1.165) is 6.07 Å². The summed E-state index contributed by atoms with van der Waals surface area (Å²) in [6, 6.07) is 6.82. The van der Waals surface area contributed by atoms with Crippen molar-refractivity contribution in [2.75, 3.05) is 6.61 Å². The fourth-order valence-corrected chi connectivity index (χ4v) is 1.52. The Hall–Kier alpha value is -2.43. The summed E-state index contributed by atoms with van der Waals surface area (Å²) in [7, 11) is 0. The van der Waals surface area contributed by atoms with Crippen molar-refractivity contribution in [3.63, 3.8) is 0 Å². The van der Waals surface area contributed by atoms with Crippen LogP contribution < -0.4 is 10.9 Å². The summed E-state index contributed by atoms with van der Waals surface area (Å²) in [6.07, 6.45) is 0. The van der Waals surface area contributed by atoms with Gasteiger partial charge >= 0.3 is 5.97 Å². The number of rotatable bonds is 2. The Morgan fingerprint density at radius 1 is 1.22 bits per heavy atom. The van der Waals surface area contributed by atoms with Gasteiger partial charge in [-0.15, -0.1) is 0 Å². The van der Waals surface area contributed by atoms with Gasteiger partial charge in [-0.25, -0.2) is 4.79 Å². The van der Waals surface area contributed by atoms with Crippen LogP contribution in [0.4, 0.5) is 0 Å². The van der Waals surface area contributed by atoms with Gasteiger partial charge < -0.3 is 9.15 Å². The minimum atomic E-state index is -0.762. The minimum absolute atomic E-state index is 0.137.